The number of carbonyl (C=O) groups excluding carboxylic acids is 4. The van der Waals surface area contributed by atoms with Crippen molar-refractivity contribution < 1.29 is 46.2 Å². The number of benzene rings is 1. The molecule has 0 radical (unpaired) electrons. The molecule has 1 aromatic carbocycles. The Labute approximate surface area is 324 Å². The highest BCUT2D eigenvalue weighted by Gasteiger charge is 2.62. The number of aromatic amines is 1. The van der Waals surface area contributed by atoms with E-state index in [9.17, 15) is 36.8 Å². The van der Waals surface area contributed by atoms with Crippen LogP contribution in [0.5, 0.6) is 11.6 Å². The molecule has 18 heteroatoms. The standard InChI is InChI=1S/C38H51FN6O10S/c1-7-21-14-20(2)10-8-9-11-22-18-38(22,35(49)44-56(51,52)24-12-13-24)43-31(46)28-15-23(19-45(28)34(48)30(21)42-36(50)55-37(3,4)5)54-33-32(47)40-26-16-25(39)29(53-6)17-27(26)41-33/h9,11,16-17,20-24,28,30H,7-8,10,12-15,18-19H2,1-6H3,(H,40,47)(H,42,50)(H,43,46)(H,44,49)/b11-9-/t20-,21-,22-,23-,28+,30+,38-/m1/s1. The average Bonchev–Trinajstić information content (AvgIpc) is 4.04. The molecule has 56 heavy (non-hydrogen) atoms. The van der Waals surface area contributed by atoms with Gasteiger partial charge in [0.1, 0.15) is 29.3 Å². The van der Waals surface area contributed by atoms with Crippen molar-refractivity contribution in [1.82, 2.24) is 30.2 Å². The highest BCUT2D eigenvalue weighted by molar-refractivity contribution is 7.91. The largest absolute Gasteiger partial charge is 0.494 e. The fourth-order valence-electron chi connectivity index (χ4n) is 7.62. The number of nitrogens with zero attached hydrogens (tertiary/aromatic N) is 2. The molecule has 0 bridgehead atoms. The number of aromatic nitrogens is 2. The minimum absolute atomic E-state index is 0.0884. The number of halogens is 1. The Balaban J connectivity index is 1.36. The number of hydrogen-bond donors (Lipinski definition) is 4. The van der Waals surface area contributed by atoms with Gasteiger partial charge >= 0.3 is 11.7 Å². The zero-order valence-electron chi connectivity index (χ0n) is 32.5. The summed E-state index contributed by atoms with van der Waals surface area (Å²) in [7, 11) is -2.67. The Morgan fingerprint density at radius 2 is 1.86 bits per heavy atom. The summed E-state index contributed by atoms with van der Waals surface area (Å²) in [6.07, 6.45) is 5.19. The molecule has 16 nitrogen and oxygen atoms in total. The summed E-state index contributed by atoms with van der Waals surface area (Å²) in [6.45, 7) is 8.83. The van der Waals surface area contributed by atoms with E-state index in [1.807, 2.05) is 26.0 Å². The summed E-state index contributed by atoms with van der Waals surface area (Å²) in [5.74, 6) is -4.21. The van der Waals surface area contributed by atoms with Crippen molar-refractivity contribution in [2.24, 2.45) is 17.8 Å². The number of ether oxygens (including phenoxy) is 3. The molecule has 0 unspecified atom stereocenters. The van der Waals surface area contributed by atoms with Crippen LogP contribution in [-0.4, -0.2) is 95.3 Å². The maximum absolute atomic E-state index is 14.8. The summed E-state index contributed by atoms with van der Waals surface area (Å²) in [6, 6.07) is -0.0615. The number of carbonyl (C=O) groups is 4. The predicted octanol–water partition coefficient (Wildman–Crippen LogP) is 3.20. The van der Waals surface area contributed by atoms with E-state index in [1.54, 1.807) is 20.8 Å². The van der Waals surface area contributed by atoms with E-state index in [4.69, 9.17) is 14.2 Å². The average molecular weight is 803 g/mol. The Morgan fingerprint density at radius 1 is 1.12 bits per heavy atom. The van der Waals surface area contributed by atoms with Gasteiger partial charge < -0.3 is 34.7 Å². The summed E-state index contributed by atoms with van der Waals surface area (Å²) in [5, 5.41) is 4.91. The fourth-order valence-corrected chi connectivity index (χ4v) is 8.98. The van der Waals surface area contributed by atoms with Gasteiger partial charge in [-0.15, -0.1) is 0 Å². The summed E-state index contributed by atoms with van der Waals surface area (Å²) in [5.41, 5.74) is -3.01. The van der Waals surface area contributed by atoms with Crippen LogP contribution in [-0.2, 0) is 29.1 Å². The van der Waals surface area contributed by atoms with Crippen molar-refractivity contribution in [3.05, 3.63) is 40.5 Å². The molecule has 1 saturated heterocycles. The van der Waals surface area contributed by atoms with Gasteiger partial charge in [-0.2, -0.15) is 0 Å². The van der Waals surface area contributed by atoms with Crippen LogP contribution in [0.3, 0.4) is 0 Å². The highest BCUT2D eigenvalue weighted by Crippen LogP contribution is 2.46. The van der Waals surface area contributed by atoms with E-state index < -0.39 is 91.6 Å². The molecule has 3 fully saturated rings. The second-order valence-corrected chi connectivity index (χ2v) is 18.4. The van der Waals surface area contributed by atoms with E-state index in [0.717, 1.165) is 12.5 Å². The van der Waals surface area contributed by atoms with Crippen LogP contribution in [0.2, 0.25) is 0 Å². The molecule has 2 aliphatic carbocycles. The molecule has 306 valence electrons. The van der Waals surface area contributed by atoms with Crippen molar-refractivity contribution in [3.8, 4) is 11.6 Å². The number of methoxy groups -OCH3 is 1. The lowest BCUT2D eigenvalue weighted by molar-refractivity contribution is -0.142. The molecule has 3 heterocycles. The van der Waals surface area contributed by atoms with Crippen molar-refractivity contribution in [2.45, 2.75) is 121 Å². The summed E-state index contributed by atoms with van der Waals surface area (Å²) < 4.78 is 59.0. The maximum Gasteiger partial charge on any atom is 0.408 e. The Morgan fingerprint density at radius 3 is 2.52 bits per heavy atom. The lowest BCUT2D eigenvalue weighted by Crippen LogP contribution is -2.59. The SMILES string of the molecule is CC[C@@H]1C[C@H](C)CC/C=C\[C@@H]2C[C@@]2(C(=O)NS(=O)(=O)C2CC2)NC(=O)[C@@H]2C[C@@H](Oc3nc4cc(OC)c(F)cc4[nH]c3=O)CN2C(=O)[C@H]1NC(=O)OC(C)(C)C. The van der Waals surface area contributed by atoms with Gasteiger partial charge in [-0.25, -0.2) is 22.6 Å². The van der Waals surface area contributed by atoms with E-state index >= 15 is 0 Å². The van der Waals surface area contributed by atoms with Crippen LogP contribution in [0, 0.1) is 23.6 Å². The molecule has 2 aromatic rings. The third kappa shape index (κ3) is 8.94. The van der Waals surface area contributed by atoms with Gasteiger partial charge in [-0.05, 0) is 71.1 Å². The lowest BCUT2D eigenvalue weighted by Gasteiger charge is -2.34. The third-order valence-electron chi connectivity index (χ3n) is 10.9. The first-order valence-electron chi connectivity index (χ1n) is 19.1. The Bertz CT molecular complexity index is 2080. The highest BCUT2D eigenvalue weighted by atomic mass is 32.2. The number of alkyl carbamates (subject to hydrolysis) is 1. The maximum atomic E-state index is 14.8. The molecule has 4 aliphatic rings. The molecule has 4 N–H and O–H groups in total. The zero-order chi connectivity index (χ0) is 40.7. The van der Waals surface area contributed by atoms with Crippen LogP contribution in [0.15, 0.2) is 29.1 Å². The van der Waals surface area contributed by atoms with Crippen molar-refractivity contribution in [2.75, 3.05) is 13.7 Å². The topological polar surface area (TPSA) is 215 Å². The van der Waals surface area contributed by atoms with Gasteiger partial charge in [0.05, 0.1) is 29.9 Å². The van der Waals surface area contributed by atoms with Crippen molar-refractivity contribution in [1.29, 1.82) is 0 Å². The van der Waals surface area contributed by atoms with Crippen LogP contribution < -0.4 is 30.4 Å². The van der Waals surface area contributed by atoms with Crippen LogP contribution in [0.4, 0.5) is 9.18 Å². The van der Waals surface area contributed by atoms with Gasteiger partial charge in [-0.1, -0.05) is 32.4 Å². The number of nitrogens with one attached hydrogen (secondary N) is 4. The van der Waals surface area contributed by atoms with Crippen LogP contribution in [0.1, 0.15) is 86.0 Å². The summed E-state index contributed by atoms with van der Waals surface area (Å²) >= 11 is 0. The first-order valence-corrected chi connectivity index (χ1v) is 20.7. The number of amides is 4. The molecular weight excluding hydrogens is 752 g/mol. The predicted molar refractivity (Wildman–Crippen MR) is 202 cm³/mol. The lowest BCUT2D eigenvalue weighted by atomic mass is 9.85. The molecule has 1 aromatic heterocycles. The number of allylic oxidation sites excluding steroid dienone is 1. The smallest absolute Gasteiger partial charge is 0.408 e. The van der Waals surface area contributed by atoms with Gasteiger partial charge in [0, 0.05) is 24.5 Å². The van der Waals surface area contributed by atoms with Crippen LogP contribution >= 0.6 is 0 Å². The fraction of sp³-hybridized carbons (Fsp3) is 0.632. The second kappa shape index (κ2) is 15.7. The van der Waals surface area contributed by atoms with Crippen LogP contribution in [0.25, 0.3) is 11.0 Å². The number of sulfonamides is 1. The van der Waals surface area contributed by atoms with Crippen molar-refractivity contribution in [3.63, 3.8) is 0 Å². The molecule has 4 amide bonds. The van der Waals surface area contributed by atoms with E-state index in [-0.39, 0.29) is 48.0 Å². The molecule has 6 rings (SSSR count). The number of hydrogen-bond acceptors (Lipinski definition) is 11. The van der Waals surface area contributed by atoms with Gasteiger partial charge in [0.15, 0.2) is 11.6 Å². The van der Waals surface area contributed by atoms with Crippen molar-refractivity contribution >= 4 is 44.9 Å². The van der Waals surface area contributed by atoms with Gasteiger partial charge in [0.2, 0.25) is 21.8 Å². The molecule has 7 atom stereocenters. The second-order valence-electron chi connectivity index (χ2n) is 16.4. The molecule has 2 aliphatic heterocycles. The Hall–Kier alpha value is -4.74. The van der Waals surface area contributed by atoms with E-state index in [1.165, 1.54) is 18.1 Å². The zero-order valence-corrected chi connectivity index (χ0v) is 33.3. The quantitative estimate of drug-likeness (QED) is 0.285. The van der Waals surface area contributed by atoms with E-state index in [0.29, 0.717) is 32.1 Å². The van der Waals surface area contributed by atoms with Gasteiger partial charge in [-0.3, -0.25) is 23.9 Å². The first-order chi connectivity index (χ1) is 26.3. The normalized spacial score (nSPS) is 29.2. The molecule has 2 saturated carbocycles. The number of rotatable bonds is 8. The number of H-pyrrole nitrogens is 1. The minimum atomic E-state index is -3.95. The monoisotopic (exact) mass is 802 g/mol. The first kappa shape index (κ1) is 40.9. The molecular formula is C38H51FN6O10S. The van der Waals surface area contributed by atoms with Gasteiger partial charge in [0.25, 0.3) is 11.8 Å². The minimum Gasteiger partial charge on any atom is -0.494 e. The third-order valence-corrected chi connectivity index (χ3v) is 12.7. The Kier molecular flexibility index (Phi) is 11.4. The number of fused-ring (bicyclic) bond motifs is 3. The van der Waals surface area contributed by atoms with E-state index in [2.05, 4.69) is 25.3 Å². The molecule has 0 spiro atoms. The summed E-state index contributed by atoms with van der Waals surface area (Å²) in [4.78, 5) is 77.5.